The number of nitrogens with one attached hydrogen (secondary N) is 2. The molecule has 0 amide bonds. The molecule has 0 aromatic carbocycles. The molecule has 130 valence electrons. The van der Waals surface area contributed by atoms with Crippen molar-refractivity contribution < 1.29 is 9.50 Å². The van der Waals surface area contributed by atoms with Crippen LogP contribution in [0.5, 0.6) is 0 Å². The summed E-state index contributed by atoms with van der Waals surface area (Å²) >= 11 is 0. The number of aliphatic hydroxyl groups excluding tert-OH is 1. The number of anilines is 3. The minimum atomic E-state index is -0.597. The van der Waals surface area contributed by atoms with E-state index in [0.717, 1.165) is 31.5 Å². The molecule has 0 spiro atoms. The number of hydrogen-bond donors (Lipinski definition) is 3. The summed E-state index contributed by atoms with van der Waals surface area (Å²) in [4.78, 5) is 7.99. The summed E-state index contributed by atoms with van der Waals surface area (Å²) in [5.74, 6) is 0.534. The molecule has 4 rings (SSSR count). The minimum absolute atomic E-state index is 0.189. The molecule has 1 aliphatic carbocycles. The number of hydrogen-bond acceptors (Lipinski definition) is 6. The van der Waals surface area contributed by atoms with Gasteiger partial charge < -0.3 is 15.7 Å². The molecule has 3 aromatic rings. The molecule has 0 bridgehead atoms. The Hall–Kier alpha value is -2.74. The summed E-state index contributed by atoms with van der Waals surface area (Å²) in [6.07, 6.45) is 4.64. The van der Waals surface area contributed by atoms with Crippen molar-refractivity contribution in [2.45, 2.75) is 37.8 Å². The first kappa shape index (κ1) is 15.8. The summed E-state index contributed by atoms with van der Waals surface area (Å²) in [5, 5.41) is 20.4. The highest BCUT2D eigenvalue weighted by Crippen LogP contribution is 2.23. The molecule has 1 fully saturated rings. The Kier molecular flexibility index (Phi) is 4.19. The lowest BCUT2D eigenvalue weighted by molar-refractivity contribution is 0.126. The van der Waals surface area contributed by atoms with Crippen molar-refractivity contribution >= 4 is 23.1 Å². The van der Waals surface area contributed by atoms with Crippen molar-refractivity contribution in [1.82, 2.24) is 19.6 Å². The zero-order chi connectivity index (χ0) is 17.2. The van der Waals surface area contributed by atoms with Gasteiger partial charge in [-0.25, -0.2) is 4.98 Å². The number of nitrogens with zero attached hydrogens (tertiary/aromatic N) is 4. The summed E-state index contributed by atoms with van der Waals surface area (Å²) in [5.41, 5.74) is 0.891. The van der Waals surface area contributed by atoms with E-state index in [0.29, 0.717) is 17.6 Å². The standard InChI is InChI=1S/C17H19FN6O/c18-16-13(3-2-10-19-16)21-17-22-15-5-1-4-14(24(15)23-17)20-11-6-8-12(25)9-7-11/h1-5,10-12,20,25H,6-9H2,(H,21,23)/t11-,12+. The Bertz CT molecular complexity index is 874. The van der Waals surface area contributed by atoms with Crippen molar-refractivity contribution in [3.05, 3.63) is 42.5 Å². The summed E-state index contributed by atoms with van der Waals surface area (Å²) < 4.78 is 15.4. The summed E-state index contributed by atoms with van der Waals surface area (Å²) in [6, 6.07) is 9.20. The van der Waals surface area contributed by atoms with E-state index in [2.05, 4.69) is 25.7 Å². The van der Waals surface area contributed by atoms with Gasteiger partial charge in [-0.3, -0.25) is 0 Å². The minimum Gasteiger partial charge on any atom is -0.393 e. The fourth-order valence-electron chi connectivity index (χ4n) is 3.10. The first-order valence-electron chi connectivity index (χ1n) is 8.37. The van der Waals surface area contributed by atoms with Gasteiger partial charge in [-0.2, -0.15) is 13.9 Å². The van der Waals surface area contributed by atoms with Gasteiger partial charge in [0.1, 0.15) is 5.82 Å². The lowest BCUT2D eigenvalue weighted by atomic mass is 9.93. The van der Waals surface area contributed by atoms with Crippen molar-refractivity contribution in [1.29, 1.82) is 0 Å². The monoisotopic (exact) mass is 342 g/mol. The third-order valence-electron chi connectivity index (χ3n) is 4.41. The van der Waals surface area contributed by atoms with Crippen molar-refractivity contribution in [3.8, 4) is 0 Å². The molecule has 1 aliphatic rings. The molecule has 3 heterocycles. The summed E-state index contributed by atoms with van der Waals surface area (Å²) in [6.45, 7) is 0. The number of aromatic nitrogens is 4. The van der Waals surface area contributed by atoms with E-state index in [9.17, 15) is 9.50 Å². The molecule has 7 nitrogen and oxygen atoms in total. The predicted molar refractivity (Wildman–Crippen MR) is 92.4 cm³/mol. The van der Waals surface area contributed by atoms with Crippen LogP contribution in [0.25, 0.3) is 5.65 Å². The Morgan fingerprint density at radius 2 is 1.96 bits per heavy atom. The molecule has 1 saturated carbocycles. The molecule has 0 aliphatic heterocycles. The Morgan fingerprint density at radius 1 is 1.12 bits per heavy atom. The molecule has 0 unspecified atom stereocenters. The first-order valence-corrected chi connectivity index (χ1v) is 8.37. The number of halogens is 1. The third-order valence-corrected chi connectivity index (χ3v) is 4.41. The van der Waals surface area contributed by atoms with Gasteiger partial charge in [-0.1, -0.05) is 6.07 Å². The smallest absolute Gasteiger partial charge is 0.247 e. The van der Waals surface area contributed by atoms with Crippen LogP contribution in [0.3, 0.4) is 0 Å². The molecular formula is C17H19FN6O. The molecular weight excluding hydrogens is 323 g/mol. The number of fused-ring (bicyclic) bond motifs is 1. The van der Waals surface area contributed by atoms with Crippen LogP contribution in [0.1, 0.15) is 25.7 Å². The second kappa shape index (κ2) is 6.64. The van der Waals surface area contributed by atoms with Gasteiger partial charge in [0.2, 0.25) is 11.9 Å². The van der Waals surface area contributed by atoms with Crippen molar-refractivity contribution in [3.63, 3.8) is 0 Å². The normalized spacial score (nSPS) is 20.6. The second-order valence-corrected chi connectivity index (χ2v) is 6.23. The van der Waals surface area contributed by atoms with Crippen LogP contribution in [0.15, 0.2) is 36.5 Å². The number of aliphatic hydroxyl groups is 1. The van der Waals surface area contributed by atoms with Crippen molar-refractivity contribution in [2.24, 2.45) is 0 Å². The van der Waals surface area contributed by atoms with Crippen LogP contribution in [-0.4, -0.2) is 36.8 Å². The van der Waals surface area contributed by atoms with Gasteiger partial charge >= 0.3 is 0 Å². The highest BCUT2D eigenvalue weighted by Gasteiger charge is 2.20. The lowest BCUT2D eigenvalue weighted by Crippen LogP contribution is -2.29. The second-order valence-electron chi connectivity index (χ2n) is 6.23. The van der Waals surface area contributed by atoms with E-state index in [-0.39, 0.29) is 11.8 Å². The van der Waals surface area contributed by atoms with E-state index in [1.54, 1.807) is 16.6 Å². The maximum atomic E-state index is 13.7. The Labute approximate surface area is 143 Å². The van der Waals surface area contributed by atoms with Crippen LogP contribution in [0.4, 0.5) is 21.8 Å². The lowest BCUT2D eigenvalue weighted by Gasteiger charge is -2.26. The van der Waals surface area contributed by atoms with Crippen molar-refractivity contribution in [2.75, 3.05) is 10.6 Å². The molecule has 0 radical (unpaired) electrons. The molecule has 0 saturated heterocycles. The van der Waals surface area contributed by atoms with E-state index in [4.69, 9.17) is 0 Å². The zero-order valence-electron chi connectivity index (χ0n) is 13.6. The van der Waals surface area contributed by atoms with Gasteiger partial charge in [0.25, 0.3) is 0 Å². The Balaban J connectivity index is 1.57. The van der Waals surface area contributed by atoms with Gasteiger partial charge in [-0.15, -0.1) is 5.10 Å². The fraction of sp³-hybridized carbons (Fsp3) is 0.353. The van der Waals surface area contributed by atoms with E-state index in [1.807, 2.05) is 18.2 Å². The largest absolute Gasteiger partial charge is 0.393 e. The number of rotatable bonds is 4. The van der Waals surface area contributed by atoms with Crippen LogP contribution < -0.4 is 10.6 Å². The molecule has 8 heteroatoms. The average molecular weight is 342 g/mol. The molecule has 3 aromatic heterocycles. The molecule has 25 heavy (non-hydrogen) atoms. The molecule has 3 N–H and O–H groups in total. The fourth-order valence-corrected chi connectivity index (χ4v) is 3.10. The van der Waals surface area contributed by atoms with Crippen LogP contribution in [0, 0.1) is 5.95 Å². The van der Waals surface area contributed by atoms with Crippen LogP contribution >= 0.6 is 0 Å². The predicted octanol–water partition coefficient (Wildman–Crippen LogP) is 2.72. The van der Waals surface area contributed by atoms with Gasteiger partial charge in [0, 0.05) is 12.2 Å². The summed E-state index contributed by atoms with van der Waals surface area (Å²) in [7, 11) is 0. The number of pyridine rings is 2. The SMILES string of the molecule is O[C@H]1CC[C@@H](Nc2cccc3nc(Nc4cccnc4F)nn23)CC1. The zero-order valence-corrected chi connectivity index (χ0v) is 13.6. The van der Waals surface area contributed by atoms with E-state index in [1.165, 1.54) is 6.20 Å². The van der Waals surface area contributed by atoms with Crippen LogP contribution in [-0.2, 0) is 0 Å². The maximum absolute atomic E-state index is 13.7. The highest BCUT2D eigenvalue weighted by atomic mass is 19.1. The van der Waals surface area contributed by atoms with Crippen LogP contribution in [0.2, 0.25) is 0 Å². The maximum Gasteiger partial charge on any atom is 0.247 e. The topological polar surface area (TPSA) is 87.4 Å². The van der Waals surface area contributed by atoms with E-state index >= 15 is 0 Å². The first-order chi connectivity index (χ1) is 12.2. The van der Waals surface area contributed by atoms with Gasteiger partial charge in [0.15, 0.2) is 5.65 Å². The van der Waals surface area contributed by atoms with Gasteiger partial charge in [-0.05, 0) is 49.9 Å². The molecule has 0 atom stereocenters. The third kappa shape index (κ3) is 3.39. The quantitative estimate of drug-likeness (QED) is 0.632. The van der Waals surface area contributed by atoms with Gasteiger partial charge in [0.05, 0.1) is 11.8 Å². The average Bonchev–Trinajstić information content (AvgIpc) is 3.03. The van der Waals surface area contributed by atoms with E-state index < -0.39 is 5.95 Å². The Morgan fingerprint density at radius 3 is 2.76 bits per heavy atom. The highest BCUT2D eigenvalue weighted by molar-refractivity contribution is 5.57.